The van der Waals surface area contributed by atoms with E-state index in [0.717, 1.165) is 11.3 Å². The highest BCUT2D eigenvalue weighted by Gasteiger charge is 2.03. The third kappa shape index (κ3) is 3.05. The molecular formula is C14H15FN2O. The van der Waals surface area contributed by atoms with Crippen LogP contribution in [0.25, 0.3) is 0 Å². The van der Waals surface area contributed by atoms with Crippen molar-refractivity contribution < 1.29 is 9.50 Å². The van der Waals surface area contributed by atoms with Crippen molar-refractivity contribution in [2.24, 2.45) is 0 Å². The first-order valence-electron chi connectivity index (χ1n) is 5.79. The third-order valence-corrected chi connectivity index (χ3v) is 2.62. The van der Waals surface area contributed by atoms with Crippen molar-refractivity contribution in [3.63, 3.8) is 0 Å². The summed E-state index contributed by atoms with van der Waals surface area (Å²) in [6, 6.07) is 10.9. The molecule has 0 fully saturated rings. The lowest BCUT2D eigenvalue weighted by Gasteiger charge is -2.08. The zero-order chi connectivity index (χ0) is 13.0. The molecule has 2 rings (SSSR count). The standard InChI is InChI=1S/C14H15FN2O/c1-10-2-7-13(14(15)16-10)17-12-5-3-11(4-6-12)8-9-18/h2-7,17-18H,8-9H2,1H3. The van der Waals surface area contributed by atoms with Crippen molar-refractivity contribution in [1.29, 1.82) is 0 Å². The molecule has 0 aliphatic carbocycles. The number of aliphatic hydroxyl groups excluding tert-OH is 1. The second kappa shape index (κ2) is 5.60. The number of anilines is 2. The average molecular weight is 246 g/mol. The molecule has 1 heterocycles. The van der Waals surface area contributed by atoms with Gasteiger partial charge in [0.25, 0.3) is 0 Å². The van der Waals surface area contributed by atoms with E-state index in [4.69, 9.17) is 5.11 Å². The van der Waals surface area contributed by atoms with E-state index in [2.05, 4.69) is 10.3 Å². The Hall–Kier alpha value is -1.94. The molecule has 0 aliphatic rings. The summed E-state index contributed by atoms with van der Waals surface area (Å²) in [5.74, 6) is -0.505. The van der Waals surface area contributed by atoms with Crippen LogP contribution in [0.3, 0.4) is 0 Å². The Kier molecular flexibility index (Phi) is 3.89. The number of pyridine rings is 1. The van der Waals surface area contributed by atoms with Crippen molar-refractivity contribution in [1.82, 2.24) is 4.98 Å². The van der Waals surface area contributed by atoms with E-state index >= 15 is 0 Å². The molecular weight excluding hydrogens is 231 g/mol. The molecule has 2 aromatic rings. The maximum absolute atomic E-state index is 13.5. The van der Waals surface area contributed by atoms with Crippen LogP contribution in [0.2, 0.25) is 0 Å². The molecule has 0 radical (unpaired) electrons. The molecule has 0 saturated carbocycles. The van der Waals surface area contributed by atoms with Gasteiger partial charge in [0, 0.05) is 18.0 Å². The highest BCUT2D eigenvalue weighted by molar-refractivity contribution is 5.59. The van der Waals surface area contributed by atoms with Gasteiger partial charge < -0.3 is 10.4 Å². The van der Waals surface area contributed by atoms with Crippen molar-refractivity contribution in [2.75, 3.05) is 11.9 Å². The summed E-state index contributed by atoms with van der Waals surface area (Å²) in [4.78, 5) is 3.75. The van der Waals surface area contributed by atoms with Gasteiger partial charge in [-0.3, -0.25) is 0 Å². The third-order valence-electron chi connectivity index (χ3n) is 2.62. The minimum Gasteiger partial charge on any atom is -0.396 e. The van der Waals surface area contributed by atoms with Gasteiger partial charge >= 0.3 is 0 Å². The van der Waals surface area contributed by atoms with Gasteiger partial charge in [-0.05, 0) is 43.2 Å². The molecule has 0 amide bonds. The first kappa shape index (κ1) is 12.5. The van der Waals surface area contributed by atoms with Crippen LogP contribution >= 0.6 is 0 Å². The topological polar surface area (TPSA) is 45.1 Å². The molecule has 0 atom stereocenters. The van der Waals surface area contributed by atoms with E-state index < -0.39 is 5.95 Å². The van der Waals surface area contributed by atoms with E-state index in [9.17, 15) is 4.39 Å². The quantitative estimate of drug-likeness (QED) is 0.815. The van der Waals surface area contributed by atoms with Crippen molar-refractivity contribution in [2.45, 2.75) is 13.3 Å². The highest BCUT2D eigenvalue weighted by Crippen LogP contribution is 2.19. The number of rotatable bonds is 4. The fourth-order valence-electron chi connectivity index (χ4n) is 1.66. The smallest absolute Gasteiger partial charge is 0.236 e. The summed E-state index contributed by atoms with van der Waals surface area (Å²) < 4.78 is 13.5. The van der Waals surface area contributed by atoms with Crippen LogP contribution in [0.4, 0.5) is 15.8 Å². The normalized spacial score (nSPS) is 10.4. The largest absolute Gasteiger partial charge is 0.396 e. The highest BCUT2D eigenvalue weighted by atomic mass is 19.1. The van der Waals surface area contributed by atoms with Crippen molar-refractivity contribution in [3.05, 3.63) is 53.6 Å². The number of benzene rings is 1. The van der Waals surface area contributed by atoms with Crippen LogP contribution in [0.1, 0.15) is 11.3 Å². The van der Waals surface area contributed by atoms with Crippen LogP contribution < -0.4 is 5.32 Å². The zero-order valence-electron chi connectivity index (χ0n) is 10.2. The summed E-state index contributed by atoms with van der Waals surface area (Å²) >= 11 is 0. The fourth-order valence-corrected chi connectivity index (χ4v) is 1.66. The van der Waals surface area contributed by atoms with Gasteiger partial charge in [0.05, 0.1) is 5.69 Å². The lowest BCUT2D eigenvalue weighted by molar-refractivity contribution is 0.299. The van der Waals surface area contributed by atoms with Gasteiger partial charge in [-0.1, -0.05) is 12.1 Å². The Bertz CT molecular complexity index is 526. The second-order valence-corrected chi connectivity index (χ2v) is 4.09. The van der Waals surface area contributed by atoms with E-state index in [1.165, 1.54) is 0 Å². The molecule has 0 spiro atoms. The Labute approximate surface area is 105 Å². The summed E-state index contributed by atoms with van der Waals surface area (Å²) in [5.41, 5.74) is 2.85. The van der Waals surface area contributed by atoms with Crippen molar-refractivity contribution >= 4 is 11.4 Å². The molecule has 0 aliphatic heterocycles. The van der Waals surface area contributed by atoms with Crippen LogP contribution in [0.15, 0.2) is 36.4 Å². The average Bonchev–Trinajstić information content (AvgIpc) is 2.35. The second-order valence-electron chi connectivity index (χ2n) is 4.09. The maximum atomic E-state index is 13.5. The molecule has 18 heavy (non-hydrogen) atoms. The summed E-state index contributed by atoms with van der Waals surface area (Å²) in [6.07, 6.45) is 0.626. The Morgan fingerprint density at radius 1 is 1.17 bits per heavy atom. The molecule has 1 aromatic heterocycles. The molecule has 0 bridgehead atoms. The van der Waals surface area contributed by atoms with E-state index in [-0.39, 0.29) is 6.61 Å². The number of aromatic nitrogens is 1. The molecule has 4 heteroatoms. The number of aryl methyl sites for hydroxylation is 1. The van der Waals surface area contributed by atoms with Gasteiger partial charge in [0.1, 0.15) is 0 Å². The zero-order valence-corrected chi connectivity index (χ0v) is 10.2. The molecule has 1 aromatic carbocycles. The molecule has 0 saturated heterocycles. The number of halogens is 1. The van der Waals surface area contributed by atoms with Gasteiger partial charge in [0.15, 0.2) is 0 Å². The van der Waals surface area contributed by atoms with E-state index in [0.29, 0.717) is 17.8 Å². The van der Waals surface area contributed by atoms with Gasteiger partial charge in [-0.2, -0.15) is 4.39 Å². The van der Waals surface area contributed by atoms with Gasteiger partial charge in [-0.25, -0.2) is 4.98 Å². The lowest BCUT2D eigenvalue weighted by Crippen LogP contribution is -1.97. The number of hydrogen-bond donors (Lipinski definition) is 2. The molecule has 94 valence electrons. The van der Waals surface area contributed by atoms with Crippen LogP contribution in [0.5, 0.6) is 0 Å². The van der Waals surface area contributed by atoms with Gasteiger partial charge in [-0.15, -0.1) is 0 Å². The maximum Gasteiger partial charge on any atom is 0.236 e. The lowest BCUT2D eigenvalue weighted by atomic mass is 10.1. The molecule has 2 N–H and O–H groups in total. The Balaban J connectivity index is 2.13. The predicted molar refractivity (Wildman–Crippen MR) is 69.4 cm³/mol. The Morgan fingerprint density at radius 3 is 2.50 bits per heavy atom. The van der Waals surface area contributed by atoms with Crippen molar-refractivity contribution in [3.8, 4) is 0 Å². The number of aliphatic hydroxyl groups is 1. The first-order chi connectivity index (χ1) is 8.69. The molecule has 3 nitrogen and oxygen atoms in total. The van der Waals surface area contributed by atoms with Gasteiger partial charge in [0.2, 0.25) is 5.95 Å². The predicted octanol–water partition coefficient (Wildman–Crippen LogP) is 2.81. The summed E-state index contributed by atoms with van der Waals surface area (Å²) in [7, 11) is 0. The minimum atomic E-state index is -0.505. The number of hydrogen-bond acceptors (Lipinski definition) is 3. The summed E-state index contributed by atoms with van der Waals surface area (Å²) in [5, 5.41) is 11.8. The van der Waals surface area contributed by atoms with E-state index in [1.54, 1.807) is 19.1 Å². The van der Waals surface area contributed by atoms with E-state index in [1.807, 2.05) is 24.3 Å². The monoisotopic (exact) mass is 246 g/mol. The van der Waals surface area contributed by atoms with Crippen LogP contribution in [-0.4, -0.2) is 16.7 Å². The minimum absolute atomic E-state index is 0.128. The first-order valence-corrected chi connectivity index (χ1v) is 5.79. The number of nitrogens with one attached hydrogen (secondary N) is 1. The van der Waals surface area contributed by atoms with Crippen LogP contribution in [-0.2, 0) is 6.42 Å². The fraction of sp³-hybridized carbons (Fsp3) is 0.214. The van der Waals surface area contributed by atoms with Crippen LogP contribution in [0, 0.1) is 12.9 Å². The summed E-state index contributed by atoms with van der Waals surface area (Å²) in [6.45, 7) is 1.87. The molecule has 0 unspecified atom stereocenters. The number of nitrogens with zero attached hydrogens (tertiary/aromatic N) is 1. The Morgan fingerprint density at radius 2 is 1.89 bits per heavy atom. The SMILES string of the molecule is Cc1ccc(Nc2ccc(CCO)cc2)c(F)n1.